The summed E-state index contributed by atoms with van der Waals surface area (Å²) in [6.07, 6.45) is 16.9. The Morgan fingerprint density at radius 2 is 1.68 bits per heavy atom. The molecule has 0 heteroatoms. The molecule has 1 aromatic carbocycles. The van der Waals surface area contributed by atoms with Gasteiger partial charge in [0.25, 0.3) is 0 Å². The Balaban J connectivity index is 2.48. The van der Waals surface area contributed by atoms with Gasteiger partial charge < -0.3 is 0 Å². The highest BCUT2D eigenvalue weighted by Gasteiger charge is 2.21. The van der Waals surface area contributed by atoms with Crippen LogP contribution in [0.2, 0.25) is 0 Å². The maximum absolute atomic E-state index is 2.38. The molecule has 0 saturated carbocycles. The van der Waals surface area contributed by atoms with Gasteiger partial charge in [0.1, 0.15) is 0 Å². The van der Waals surface area contributed by atoms with Crippen LogP contribution in [0.1, 0.15) is 65.4 Å². The molecule has 0 radical (unpaired) electrons. The Morgan fingerprint density at radius 3 is 2.32 bits per heavy atom. The van der Waals surface area contributed by atoms with Crippen molar-refractivity contribution in [1.29, 1.82) is 0 Å². The van der Waals surface area contributed by atoms with Crippen LogP contribution in [0.25, 0.3) is 0 Å². The summed E-state index contributed by atoms with van der Waals surface area (Å²) in [6, 6.07) is 10.8. The van der Waals surface area contributed by atoms with Crippen molar-refractivity contribution < 1.29 is 0 Å². The Kier molecular flexibility index (Phi) is 8.89. The zero-order chi connectivity index (χ0) is 16.3. The second kappa shape index (κ2) is 10.4. The van der Waals surface area contributed by atoms with Crippen LogP contribution in [0.3, 0.4) is 0 Å². The highest BCUT2D eigenvalue weighted by molar-refractivity contribution is 5.18. The Hall–Kier alpha value is -1.30. The Labute approximate surface area is 138 Å². The lowest BCUT2D eigenvalue weighted by molar-refractivity contribution is 0.291. The standard InChI is InChI=1S/C22H34/c1-5-6-7-8-9-10-11-15-18-21(22(2,3)4)19-20-16-13-12-14-17-20/h10-18,21H,5-9,19H2,1-4H3/b11-10+,18-15+. The van der Waals surface area contributed by atoms with E-state index in [1.54, 1.807) is 0 Å². The van der Waals surface area contributed by atoms with E-state index in [-0.39, 0.29) is 0 Å². The summed E-state index contributed by atoms with van der Waals surface area (Å²) in [4.78, 5) is 0. The van der Waals surface area contributed by atoms with Crippen molar-refractivity contribution in [2.45, 2.75) is 66.2 Å². The third-order valence-corrected chi connectivity index (χ3v) is 4.23. The van der Waals surface area contributed by atoms with Gasteiger partial charge in [-0.15, -0.1) is 0 Å². The van der Waals surface area contributed by atoms with Gasteiger partial charge in [-0.2, -0.15) is 0 Å². The molecule has 0 amide bonds. The predicted octanol–water partition coefficient (Wildman–Crippen LogP) is 6.97. The van der Waals surface area contributed by atoms with Crippen LogP contribution < -0.4 is 0 Å². The minimum atomic E-state index is 0.293. The quantitative estimate of drug-likeness (QED) is 0.341. The molecule has 1 atom stereocenters. The van der Waals surface area contributed by atoms with Crippen molar-refractivity contribution in [1.82, 2.24) is 0 Å². The first-order chi connectivity index (χ1) is 10.5. The molecular weight excluding hydrogens is 264 g/mol. The summed E-state index contributed by atoms with van der Waals surface area (Å²) in [7, 11) is 0. The molecule has 1 rings (SSSR count). The van der Waals surface area contributed by atoms with E-state index < -0.39 is 0 Å². The van der Waals surface area contributed by atoms with Crippen molar-refractivity contribution in [3.05, 3.63) is 60.2 Å². The third kappa shape index (κ3) is 8.22. The second-order valence-electron chi connectivity index (χ2n) is 7.32. The van der Waals surface area contributed by atoms with E-state index in [1.165, 1.54) is 37.7 Å². The lowest BCUT2D eigenvalue weighted by Gasteiger charge is -2.28. The second-order valence-corrected chi connectivity index (χ2v) is 7.32. The van der Waals surface area contributed by atoms with Crippen LogP contribution in [0, 0.1) is 11.3 Å². The van der Waals surface area contributed by atoms with Gasteiger partial charge in [0.2, 0.25) is 0 Å². The average molecular weight is 299 g/mol. The zero-order valence-corrected chi connectivity index (χ0v) is 15.0. The molecule has 0 aliphatic carbocycles. The molecule has 1 aromatic rings. The highest BCUT2D eigenvalue weighted by Crippen LogP contribution is 2.30. The van der Waals surface area contributed by atoms with Crippen LogP contribution in [0.15, 0.2) is 54.6 Å². The first-order valence-electron chi connectivity index (χ1n) is 8.91. The van der Waals surface area contributed by atoms with Gasteiger partial charge in [0, 0.05) is 0 Å². The van der Waals surface area contributed by atoms with E-state index in [1.807, 2.05) is 0 Å². The van der Waals surface area contributed by atoms with E-state index in [4.69, 9.17) is 0 Å². The fourth-order valence-corrected chi connectivity index (χ4v) is 2.59. The number of hydrogen-bond donors (Lipinski definition) is 0. The van der Waals surface area contributed by atoms with Gasteiger partial charge in [0.15, 0.2) is 0 Å². The molecule has 0 bridgehead atoms. The normalized spacial score (nSPS) is 14.0. The minimum Gasteiger partial charge on any atom is -0.0845 e. The summed E-state index contributed by atoms with van der Waals surface area (Å²) in [6.45, 7) is 9.26. The number of hydrogen-bond acceptors (Lipinski definition) is 0. The van der Waals surface area contributed by atoms with Gasteiger partial charge in [-0.05, 0) is 36.2 Å². The van der Waals surface area contributed by atoms with Gasteiger partial charge in [-0.1, -0.05) is 102 Å². The predicted molar refractivity (Wildman–Crippen MR) is 100 cm³/mol. The summed E-state index contributed by atoms with van der Waals surface area (Å²) in [5, 5.41) is 0. The van der Waals surface area contributed by atoms with E-state index >= 15 is 0 Å². The van der Waals surface area contributed by atoms with E-state index in [0.717, 1.165) is 6.42 Å². The lowest BCUT2D eigenvalue weighted by Crippen LogP contribution is -2.20. The minimum absolute atomic E-state index is 0.293. The van der Waals surface area contributed by atoms with Crippen LogP contribution in [-0.2, 0) is 6.42 Å². The summed E-state index contributed by atoms with van der Waals surface area (Å²) in [5.41, 5.74) is 1.72. The topological polar surface area (TPSA) is 0 Å². The van der Waals surface area contributed by atoms with Gasteiger partial charge in [0.05, 0.1) is 0 Å². The third-order valence-electron chi connectivity index (χ3n) is 4.23. The van der Waals surface area contributed by atoms with Crippen LogP contribution >= 0.6 is 0 Å². The molecule has 0 nitrogen and oxygen atoms in total. The molecule has 122 valence electrons. The smallest absolute Gasteiger partial charge is 0.0141 e. The molecule has 0 aliphatic rings. The molecule has 0 fully saturated rings. The molecule has 1 unspecified atom stereocenters. The number of unbranched alkanes of at least 4 members (excludes halogenated alkanes) is 4. The Bertz CT molecular complexity index is 431. The molecule has 0 saturated heterocycles. The van der Waals surface area contributed by atoms with Crippen molar-refractivity contribution in [2.24, 2.45) is 11.3 Å². The van der Waals surface area contributed by atoms with Crippen molar-refractivity contribution in [3.8, 4) is 0 Å². The van der Waals surface area contributed by atoms with E-state index in [0.29, 0.717) is 11.3 Å². The van der Waals surface area contributed by atoms with E-state index in [2.05, 4.69) is 82.3 Å². The molecule has 0 spiro atoms. The maximum atomic E-state index is 2.38. The highest BCUT2D eigenvalue weighted by atomic mass is 14.3. The average Bonchev–Trinajstić information content (AvgIpc) is 2.49. The van der Waals surface area contributed by atoms with Gasteiger partial charge in [-0.25, -0.2) is 0 Å². The molecule has 0 N–H and O–H groups in total. The molecule has 0 heterocycles. The summed E-state index contributed by atoms with van der Waals surface area (Å²) in [5.74, 6) is 0.569. The number of rotatable bonds is 9. The van der Waals surface area contributed by atoms with Crippen LogP contribution in [0.4, 0.5) is 0 Å². The Morgan fingerprint density at radius 1 is 0.955 bits per heavy atom. The SMILES string of the molecule is CCCCCC/C=C/C=C/C(Cc1ccccc1)C(C)(C)C. The van der Waals surface area contributed by atoms with Crippen molar-refractivity contribution >= 4 is 0 Å². The summed E-state index contributed by atoms with van der Waals surface area (Å²) < 4.78 is 0. The number of benzene rings is 1. The largest absolute Gasteiger partial charge is 0.0845 e. The van der Waals surface area contributed by atoms with E-state index in [9.17, 15) is 0 Å². The molecule has 0 aromatic heterocycles. The zero-order valence-electron chi connectivity index (χ0n) is 15.0. The van der Waals surface area contributed by atoms with Gasteiger partial charge in [-0.3, -0.25) is 0 Å². The lowest BCUT2D eigenvalue weighted by atomic mass is 9.77. The molecule has 0 aliphatic heterocycles. The van der Waals surface area contributed by atoms with Crippen LogP contribution in [0.5, 0.6) is 0 Å². The fourth-order valence-electron chi connectivity index (χ4n) is 2.59. The summed E-state index contributed by atoms with van der Waals surface area (Å²) >= 11 is 0. The van der Waals surface area contributed by atoms with Crippen molar-refractivity contribution in [3.63, 3.8) is 0 Å². The first kappa shape index (κ1) is 18.7. The monoisotopic (exact) mass is 298 g/mol. The number of allylic oxidation sites excluding steroid dienone is 4. The molecular formula is C22H34. The fraction of sp³-hybridized carbons (Fsp3) is 0.545. The van der Waals surface area contributed by atoms with Crippen LogP contribution in [-0.4, -0.2) is 0 Å². The van der Waals surface area contributed by atoms with Gasteiger partial charge >= 0.3 is 0 Å². The van der Waals surface area contributed by atoms with Crippen molar-refractivity contribution in [2.75, 3.05) is 0 Å². The first-order valence-corrected chi connectivity index (χ1v) is 8.91. The molecule has 22 heavy (non-hydrogen) atoms. The maximum Gasteiger partial charge on any atom is -0.0141 e.